The Hall–Kier alpha value is -1.99. The van der Waals surface area contributed by atoms with Crippen molar-refractivity contribution in [2.24, 2.45) is 0 Å². The lowest BCUT2D eigenvalue weighted by atomic mass is 10.3. The van der Waals surface area contributed by atoms with E-state index in [1.165, 1.54) is 31.3 Å². The Bertz CT molecular complexity index is 779. The Morgan fingerprint density at radius 1 is 1.24 bits per heavy atom. The number of nitrogens with two attached hydrogens (primary N) is 1. The van der Waals surface area contributed by atoms with E-state index in [2.05, 4.69) is 0 Å². The second-order valence-electron chi connectivity index (χ2n) is 4.30. The van der Waals surface area contributed by atoms with Crippen molar-refractivity contribution in [3.8, 4) is 5.75 Å². The molecule has 21 heavy (non-hydrogen) atoms. The van der Waals surface area contributed by atoms with E-state index in [4.69, 9.17) is 17.3 Å². The molecule has 0 aromatic heterocycles. The number of rotatable bonds is 3. The van der Waals surface area contributed by atoms with Gasteiger partial charge in [0.05, 0.1) is 11.4 Å². The maximum Gasteiger partial charge on any atom is 0.267 e. The van der Waals surface area contributed by atoms with Crippen LogP contribution in [0.3, 0.4) is 0 Å². The van der Waals surface area contributed by atoms with E-state index in [0.29, 0.717) is 0 Å². The molecule has 0 aliphatic carbocycles. The van der Waals surface area contributed by atoms with E-state index >= 15 is 0 Å². The zero-order valence-corrected chi connectivity index (χ0v) is 12.5. The Morgan fingerprint density at radius 2 is 1.81 bits per heavy atom. The molecular formula is C13H12ClFN2O3S. The zero-order chi connectivity index (χ0) is 15.8. The average molecular weight is 331 g/mol. The van der Waals surface area contributed by atoms with Crippen LogP contribution in [-0.4, -0.2) is 20.6 Å². The van der Waals surface area contributed by atoms with Gasteiger partial charge in [-0.05, 0) is 36.4 Å². The topological polar surface area (TPSA) is 83.6 Å². The molecule has 2 aromatic carbocycles. The predicted molar refractivity (Wildman–Crippen MR) is 79.5 cm³/mol. The summed E-state index contributed by atoms with van der Waals surface area (Å²) in [4.78, 5) is -0.608. The van der Waals surface area contributed by atoms with E-state index < -0.39 is 20.7 Å². The number of nitrogens with zero attached hydrogens (tertiary/aromatic N) is 1. The van der Waals surface area contributed by atoms with Crippen molar-refractivity contribution in [3.05, 3.63) is 47.2 Å². The normalized spacial score (nSPS) is 11.4. The molecule has 8 heteroatoms. The van der Waals surface area contributed by atoms with Crippen LogP contribution in [0.4, 0.5) is 15.8 Å². The number of aromatic hydroxyl groups is 1. The smallest absolute Gasteiger partial charge is 0.267 e. The molecule has 3 N–H and O–H groups in total. The molecule has 0 radical (unpaired) electrons. The van der Waals surface area contributed by atoms with Crippen molar-refractivity contribution in [3.63, 3.8) is 0 Å². The van der Waals surface area contributed by atoms with Crippen LogP contribution in [0, 0.1) is 5.82 Å². The molecule has 0 bridgehead atoms. The minimum absolute atomic E-state index is 0.0114. The molecule has 0 spiro atoms. The Labute approximate surface area is 126 Å². The van der Waals surface area contributed by atoms with Crippen molar-refractivity contribution in [1.82, 2.24) is 0 Å². The van der Waals surface area contributed by atoms with Gasteiger partial charge in [-0.2, -0.15) is 0 Å². The van der Waals surface area contributed by atoms with E-state index in [1.807, 2.05) is 0 Å². The van der Waals surface area contributed by atoms with Crippen molar-refractivity contribution >= 4 is 33.0 Å². The van der Waals surface area contributed by atoms with Crippen molar-refractivity contribution in [2.45, 2.75) is 4.90 Å². The average Bonchev–Trinajstić information content (AvgIpc) is 2.42. The van der Waals surface area contributed by atoms with Gasteiger partial charge in [0.15, 0.2) is 5.82 Å². The number of benzene rings is 2. The monoisotopic (exact) mass is 330 g/mol. The highest BCUT2D eigenvalue weighted by molar-refractivity contribution is 7.92. The lowest BCUT2D eigenvalue weighted by molar-refractivity contribution is 0.475. The number of hydrogen-bond acceptors (Lipinski definition) is 4. The molecule has 0 saturated carbocycles. The van der Waals surface area contributed by atoms with Crippen LogP contribution >= 0.6 is 11.6 Å². The van der Waals surface area contributed by atoms with E-state index in [9.17, 15) is 17.9 Å². The Morgan fingerprint density at radius 3 is 2.38 bits per heavy atom. The lowest BCUT2D eigenvalue weighted by Gasteiger charge is -2.20. The number of halogens is 2. The summed E-state index contributed by atoms with van der Waals surface area (Å²) in [6.07, 6.45) is 0. The van der Waals surface area contributed by atoms with Gasteiger partial charge >= 0.3 is 0 Å². The van der Waals surface area contributed by atoms with Gasteiger partial charge in [0.1, 0.15) is 10.6 Å². The summed E-state index contributed by atoms with van der Waals surface area (Å²) >= 11 is 5.74. The highest BCUT2D eigenvalue weighted by Gasteiger charge is 2.26. The van der Waals surface area contributed by atoms with Gasteiger partial charge in [-0.25, -0.2) is 12.8 Å². The molecule has 2 rings (SSSR count). The first-order chi connectivity index (χ1) is 9.73. The highest BCUT2D eigenvalue weighted by Crippen LogP contribution is 2.29. The first-order valence-corrected chi connectivity index (χ1v) is 7.58. The molecule has 0 unspecified atom stereocenters. The van der Waals surface area contributed by atoms with Crippen molar-refractivity contribution in [1.29, 1.82) is 0 Å². The number of phenolic OH excluding ortho intramolecular Hbond substituents is 1. The number of nitrogen functional groups attached to an aromatic ring is 1. The minimum atomic E-state index is -4.17. The fourth-order valence-corrected chi connectivity index (χ4v) is 3.33. The third-order valence-electron chi connectivity index (χ3n) is 2.88. The van der Waals surface area contributed by atoms with Crippen LogP contribution in [0.2, 0.25) is 5.02 Å². The van der Waals surface area contributed by atoms with E-state index in [0.717, 1.165) is 16.4 Å². The first-order valence-electron chi connectivity index (χ1n) is 5.76. The summed E-state index contributed by atoms with van der Waals surface area (Å²) in [5.74, 6) is -1.06. The van der Waals surface area contributed by atoms with Crippen molar-refractivity contribution < 1.29 is 17.9 Å². The second-order valence-corrected chi connectivity index (χ2v) is 6.67. The van der Waals surface area contributed by atoms with Gasteiger partial charge in [-0.3, -0.25) is 4.31 Å². The van der Waals surface area contributed by atoms with Crippen LogP contribution in [0.5, 0.6) is 5.75 Å². The quantitative estimate of drug-likeness (QED) is 0.847. The third-order valence-corrected chi connectivity index (χ3v) is 4.89. The largest absolute Gasteiger partial charge is 0.508 e. The standard InChI is InChI=1S/C13H12ClFN2O3S/c1-17(9-2-4-10(18)5-3-9)21(19,20)12-7-8(14)6-11(16)13(12)15/h2-7,18H,16H2,1H3. The fraction of sp³-hybridized carbons (Fsp3) is 0.0769. The van der Waals surface area contributed by atoms with Crippen LogP contribution in [0.25, 0.3) is 0 Å². The molecule has 0 aliphatic heterocycles. The SMILES string of the molecule is CN(c1ccc(O)cc1)S(=O)(=O)c1cc(Cl)cc(N)c1F. The first kappa shape index (κ1) is 15.4. The van der Waals surface area contributed by atoms with Crippen LogP contribution < -0.4 is 10.0 Å². The molecule has 0 fully saturated rings. The van der Waals surface area contributed by atoms with Gasteiger partial charge in [0.25, 0.3) is 10.0 Å². The van der Waals surface area contributed by atoms with Crippen LogP contribution in [-0.2, 0) is 10.0 Å². The van der Waals surface area contributed by atoms with Crippen LogP contribution in [0.15, 0.2) is 41.3 Å². The van der Waals surface area contributed by atoms with E-state index in [-0.39, 0.29) is 22.1 Å². The summed E-state index contributed by atoms with van der Waals surface area (Å²) in [6, 6.07) is 7.56. The summed E-state index contributed by atoms with van der Waals surface area (Å²) < 4.78 is 39.8. The number of anilines is 2. The molecule has 112 valence electrons. The molecule has 0 heterocycles. The predicted octanol–water partition coefficient (Wildman–Crippen LogP) is 2.59. The minimum Gasteiger partial charge on any atom is -0.508 e. The van der Waals surface area contributed by atoms with Gasteiger partial charge in [-0.15, -0.1) is 0 Å². The third kappa shape index (κ3) is 2.88. The summed E-state index contributed by atoms with van der Waals surface area (Å²) in [6.45, 7) is 0. The van der Waals surface area contributed by atoms with Gasteiger partial charge in [0.2, 0.25) is 0 Å². The van der Waals surface area contributed by atoms with Gasteiger partial charge < -0.3 is 10.8 Å². The zero-order valence-electron chi connectivity index (χ0n) is 10.9. The fourth-order valence-electron chi connectivity index (χ4n) is 1.72. The number of hydrogen-bond donors (Lipinski definition) is 2. The maximum absolute atomic E-state index is 14.0. The maximum atomic E-state index is 14.0. The molecule has 0 atom stereocenters. The summed E-state index contributed by atoms with van der Waals surface area (Å²) in [7, 11) is -2.91. The molecule has 0 amide bonds. The summed E-state index contributed by atoms with van der Waals surface area (Å²) in [5.41, 5.74) is 5.31. The molecule has 0 saturated heterocycles. The van der Waals surface area contributed by atoms with Crippen LogP contribution in [0.1, 0.15) is 0 Å². The van der Waals surface area contributed by atoms with Crippen molar-refractivity contribution in [2.75, 3.05) is 17.1 Å². The Balaban J connectivity index is 2.54. The molecule has 5 nitrogen and oxygen atoms in total. The second kappa shape index (κ2) is 5.42. The molecule has 2 aromatic rings. The summed E-state index contributed by atoms with van der Waals surface area (Å²) in [5, 5.41) is 9.23. The van der Waals surface area contributed by atoms with Gasteiger partial charge in [0, 0.05) is 12.1 Å². The number of phenols is 1. The molecular weight excluding hydrogens is 319 g/mol. The van der Waals surface area contributed by atoms with Gasteiger partial charge in [-0.1, -0.05) is 11.6 Å². The Kier molecular flexibility index (Phi) is 3.97. The number of sulfonamides is 1. The highest BCUT2D eigenvalue weighted by atomic mass is 35.5. The van der Waals surface area contributed by atoms with E-state index in [1.54, 1.807) is 0 Å². The molecule has 0 aliphatic rings. The lowest BCUT2D eigenvalue weighted by Crippen LogP contribution is -2.27.